The summed E-state index contributed by atoms with van der Waals surface area (Å²) in [5, 5.41) is 9.02. The second-order valence-corrected chi connectivity index (χ2v) is 7.98. The Morgan fingerprint density at radius 3 is 2.19 bits per heavy atom. The van der Waals surface area contributed by atoms with Crippen LogP contribution in [0.5, 0.6) is 5.75 Å². The smallest absolute Gasteiger partial charge is 0.337 e. The molecule has 1 aliphatic rings. The first-order chi connectivity index (χ1) is 15.7. The summed E-state index contributed by atoms with van der Waals surface area (Å²) in [6.07, 6.45) is 3.93. The number of hydrogen-bond acceptors (Lipinski definition) is 4. The van der Waals surface area contributed by atoms with Gasteiger partial charge in [0.1, 0.15) is 12.4 Å². The van der Waals surface area contributed by atoms with E-state index in [1.807, 2.05) is 66.7 Å². The van der Waals surface area contributed by atoms with Gasteiger partial charge in [-0.15, -0.1) is 0 Å². The van der Waals surface area contributed by atoms with E-state index < -0.39 is 12.6 Å². The summed E-state index contributed by atoms with van der Waals surface area (Å²) in [6.45, 7) is -0.642. The van der Waals surface area contributed by atoms with E-state index in [2.05, 4.69) is 6.07 Å². The summed E-state index contributed by atoms with van der Waals surface area (Å²) >= 11 is 0. The molecule has 0 bridgehead atoms. The van der Waals surface area contributed by atoms with Crippen molar-refractivity contribution in [3.8, 4) is 5.75 Å². The van der Waals surface area contributed by atoms with Gasteiger partial charge in [0.15, 0.2) is 0 Å². The summed E-state index contributed by atoms with van der Waals surface area (Å²) in [6, 6.07) is 25.1. The molecule has 5 nitrogen and oxygen atoms in total. The van der Waals surface area contributed by atoms with Gasteiger partial charge in [-0.1, -0.05) is 48.5 Å². The Morgan fingerprint density at radius 1 is 0.906 bits per heavy atom. The van der Waals surface area contributed by atoms with E-state index in [0.717, 1.165) is 48.2 Å². The zero-order valence-corrected chi connectivity index (χ0v) is 17.9. The largest absolute Gasteiger partial charge is 0.425 e. The van der Waals surface area contributed by atoms with E-state index in [1.54, 1.807) is 11.0 Å². The van der Waals surface area contributed by atoms with Crippen molar-refractivity contribution in [2.24, 2.45) is 0 Å². The molecule has 1 N–H and O–H groups in total. The Bertz CT molecular complexity index is 1030. The standard InChI is InChI=1S/C27H27NO4/c29-19-27(31)32-25-16-8-14-23-20(9-7-15-24(23)25)17-18-26(30)28(21-10-3-1-4-11-21)22-12-5-2-6-13-22/h1-6,8,10-14,16,20,29H,7,9,15,17-19H2. The first-order valence-electron chi connectivity index (χ1n) is 11.0. The van der Waals surface area contributed by atoms with E-state index in [9.17, 15) is 9.59 Å². The molecule has 1 unspecified atom stereocenters. The normalized spacial score (nSPS) is 15.0. The Morgan fingerprint density at radius 2 is 1.56 bits per heavy atom. The number of fused-ring (bicyclic) bond motifs is 1. The molecule has 5 heteroatoms. The van der Waals surface area contributed by atoms with Crippen molar-refractivity contribution in [2.45, 2.75) is 38.0 Å². The molecule has 0 saturated heterocycles. The zero-order valence-electron chi connectivity index (χ0n) is 17.9. The first-order valence-corrected chi connectivity index (χ1v) is 11.0. The van der Waals surface area contributed by atoms with Crippen molar-refractivity contribution in [1.82, 2.24) is 0 Å². The molecular formula is C27H27NO4. The van der Waals surface area contributed by atoms with Crippen molar-refractivity contribution in [2.75, 3.05) is 11.5 Å². The van der Waals surface area contributed by atoms with E-state index in [1.165, 1.54) is 0 Å². The van der Waals surface area contributed by atoms with E-state index in [0.29, 0.717) is 12.2 Å². The van der Waals surface area contributed by atoms with Gasteiger partial charge in [0, 0.05) is 17.8 Å². The summed E-state index contributed by atoms with van der Waals surface area (Å²) in [7, 11) is 0. The summed E-state index contributed by atoms with van der Waals surface area (Å²) in [4.78, 5) is 26.7. The second kappa shape index (κ2) is 10.2. The van der Waals surface area contributed by atoms with Crippen LogP contribution in [0.2, 0.25) is 0 Å². The van der Waals surface area contributed by atoms with Crippen molar-refractivity contribution >= 4 is 23.3 Å². The molecule has 32 heavy (non-hydrogen) atoms. The lowest BCUT2D eigenvalue weighted by molar-refractivity contribution is -0.137. The number of esters is 1. The van der Waals surface area contributed by atoms with Gasteiger partial charge in [-0.05, 0) is 73.1 Å². The van der Waals surface area contributed by atoms with E-state index in [4.69, 9.17) is 9.84 Å². The number of para-hydroxylation sites is 2. The number of aliphatic hydroxyl groups is 1. The second-order valence-electron chi connectivity index (χ2n) is 7.98. The molecule has 0 radical (unpaired) electrons. The van der Waals surface area contributed by atoms with Crippen molar-refractivity contribution in [1.29, 1.82) is 0 Å². The highest BCUT2D eigenvalue weighted by atomic mass is 16.5. The maximum absolute atomic E-state index is 13.4. The fourth-order valence-corrected chi connectivity index (χ4v) is 4.46. The average Bonchev–Trinajstić information content (AvgIpc) is 2.84. The van der Waals surface area contributed by atoms with Gasteiger partial charge in [-0.3, -0.25) is 9.69 Å². The van der Waals surface area contributed by atoms with Gasteiger partial charge in [-0.2, -0.15) is 0 Å². The van der Waals surface area contributed by atoms with Gasteiger partial charge in [0.05, 0.1) is 0 Å². The molecule has 1 atom stereocenters. The van der Waals surface area contributed by atoms with Crippen LogP contribution in [-0.4, -0.2) is 23.6 Å². The highest BCUT2D eigenvalue weighted by Crippen LogP contribution is 2.39. The molecule has 0 aliphatic heterocycles. The molecule has 1 amide bonds. The van der Waals surface area contributed by atoms with Crippen LogP contribution in [0.3, 0.4) is 0 Å². The third kappa shape index (κ3) is 4.89. The number of benzene rings is 3. The lowest BCUT2D eigenvalue weighted by Gasteiger charge is -2.28. The van der Waals surface area contributed by atoms with Gasteiger partial charge < -0.3 is 9.84 Å². The molecule has 0 fully saturated rings. The Labute approximate surface area is 188 Å². The van der Waals surface area contributed by atoms with Crippen LogP contribution >= 0.6 is 0 Å². The fourth-order valence-electron chi connectivity index (χ4n) is 4.46. The van der Waals surface area contributed by atoms with Crippen LogP contribution in [-0.2, 0) is 16.0 Å². The number of ether oxygens (including phenoxy) is 1. The van der Waals surface area contributed by atoms with Crippen molar-refractivity contribution in [3.63, 3.8) is 0 Å². The predicted octanol–water partition coefficient (Wildman–Crippen LogP) is 5.15. The number of amides is 1. The van der Waals surface area contributed by atoms with Crippen LogP contribution in [0.1, 0.15) is 42.7 Å². The summed E-state index contributed by atoms with van der Waals surface area (Å²) in [5.41, 5.74) is 3.86. The number of rotatable bonds is 7. The Kier molecular flexibility index (Phi) is 6.97. The van der Waals surface area contributed by atoms with E-state index in [-0.39, 0.29) is 11.8 Å². The Hall–Kier alpha value is -3.44. The summed E-state index contributed by atoms with van der Waals surface area (Å²) in [5.74, 6) is 0.145. The van der Waals surface area contributed by atoms with Crippen molar-refractivity contribution in [3.05, 3.63) is 90.0 Å². The molecule has 1 aliphatic carbocycles. The summed E-state index contributed by atoms with van der Waals surface area (Å²) < 4.78 is 5.33. The number of carbonyl (C=O) groups excluding carboxylic acids is 2. The van der Waals surface area contributed by atoms with Gasteiger partial charge in [0.25, 0.3) is 0 Å². The third-order valence-electron chi connectivity index (χ3n) is 5.93. The minimum absolute atomic E-state index is 0.0531. The molecule has 3 aromatic carbocycles. The fraction of sp³-hybridized carbons (Fsp3) is 0.259. The number of hydrogen-bond donors (Lipinski definition) is 1. The molecule has 0 saturated carbocycles. The van der Waals surface area contributed by atoms with Gasteiger partial charge in [-0.25, -0.2) is 4.79 Å². The minimum Gasteiger partial charge on any atom is -0.425 e. The molecular weight excluding hydrogens is 402 g/mol. The van der Waals surface area contributed by atoms with Crippen LogP contribution in [0.25, 0.3) is 0 Å². The average molecular weight is 430 g/mol. The number of anilines is 2. The highest BCUT2D eigenvalue weighted by Gasteiger charge is 2.26. The third-order valence-corrected chi connectivity index (χ3v) is 5.93. The quantitative estimate of drug-likeness (QED) is 0.417. The molecule has 0 spiro atoms. The van der Waals surface area contributed by atoms with Crippen LogP contribution in [0.4, 0.5) is 11.4 Å². The monoisotopic (exact) mass is 429 g/mol. The minimum atomic E-state index is -0.655. The highest BCUT2D eigenvalue weighted by molar-refractivity contribution is 6.00. The lowest BCUT2D eigenvalue weighted by Crippen LogP contribution is -2.26. The Balaban J connectivity index is 1.53. The van der Waals surface area contributed by atoms with Crippen LogP contribution in [0, 0.1) is 0 Å². The first kappa shape index (κ1) is 21.8. The topological polar surface area (TPSA) is 66.8 Å². The molecule has 4 rings (SSSR count). The number of nitrogens with zero attached hydrogens (tertiary/aromatic N) is 1. The molecule has 0 heterocycles. The van der Waals surface area contributed by atoms with E-state index >= 15 is 0 Å². The predicted molar refractivity (Wildman–Crippen MR) is 124 cm³/mol. The van der Waals surface area contributed by atoms with Gasteiger partial charge in [0.2, 0.25) is 5.91 Å². The lowest BCUT2D eigenvalue weighted by atomic mass is 9.80. The van der Waals surface area contributed by atoms with Gasteiger partial charge >= 0.3 is 5.97 Å². The number of carbonyl (C=O) groups is 2. The SMILES string of the molecule is O=C(CO)Oc1cccc2c1CCCC2CCC(=O)N(c1ccccc1)c1ccccc1. The molecule has 164 valence electrons. The van der Waals surface area contributed by atoms with Crippen LogP contribution < -0.4 is 9.64 Å². The van der Waals surface area contributed by atoms with Crippen LogP contribution in [0.15, 0.2) is 78.9 Å². The maximum Gasteiger partial charge on any atom is 0.337 e. The zero-order chi connectivity index (χ0) is 22.3. The molecule has 3 aromatic rings. The number of aliphatic hydroxyl groups excluding tert-OH is 1. The maximum atomic E-state index is 13.4. The van der Waals surface area contributed by atoms with Crippen molar-refractivity contribution < 1.29 is 19.4 Å². The molecule has 0 aromatic heterocycles.